The van der Waals surface area contributed by atoms with Gasteiger partial charge in [-0.25, -0.2) is 0 Å². The molecular weight excluding hydrogens is 392 g/mol. The van der Waals surface area contributed by atoms with E-state index in [0.29, 0.717) is 4.28 Å². The van der Waals surface area contributed by atoms with Gasteiger partial charge in [-0.05, 0) is 4.28 Å². The van der Waals surface area contributed by atoms with Gasteiger partial charge in [0.25, 0.3) is 0 Å². The van der Waals surface area contributed by atoms with Gasteiger partial charge in [0, 0.05) is 22.8 Å². The van der Waals surface area contributed by atoms with Gasteiger partial charge in [-0.15, -0.1) is 0 Å². The Morgan fingerprint density at radius 2 is 0.792 bits per heavy atom. The highest BCUT2D eigenvalue weighted by Gasteiger charge is 2.92. The van der Waals surface area contributed by atoms with Crippen LogP contribution in [0.3, 0.4) is 0 Å². The highest BCUT2D eigenvalue weighted by atomic mass is 29.4. The standard InChI is InChI=1S/C17H43FSi6/c1-14-15-16-19(2,3)22(8,9)17(18,23(10,11)20(16,4)5)24(12,13)21(16,6)7/h14-15H2,1-13H3. The van der Waals surface area contributed by atoms with Gasteiger partial charge in [0.2, 0.25) is 0 Å². The molecule has 3 aliphatic rings. The molecule has 0 radical (unpaired) electrons. The fourth-order valence-corrected chi connectivity index (χ4v) is 148. The summed E-state index contributed by atoms with van der Waals surface area (Å²) in [4.78, 5) is 0. The summed E-state index contributed by atoms with van der Waals surface area (Å²) in [5.41, 5.74) is 0. The minimum atomic E-state index is -1.91. The van der Waals surface area contributed by atoms with Gasteiger partial charge in [0.15, 0.2) is 0 Å². The molecule has 3 fully saturated rings. The van der Waals surface area contributed by atoms with Crippen LogP contribution in [0.4, 0.5) is 4.39 Å². The average Bonchev–Trinajstić information content (AvgIpc) is 2.39. The highest BCUT2D eigenvalue weighted by molar-refractivity contribution is 7.77. The molecule has 3 aliphatic heterocycles. The third-order valence-corrected chi connectivity index (χ3v) is 99.4. The maximum atomic E-state index is 17.9. The normalized spacial score (nSPS) is 42.8. The minimum Gasteiger partial charge on any atom is -0.256 e. The highest BCUT2D eigenvalue weighted by Crippen LogP contribution is 2.76. The van der Waals surface area contributed by atoms with E-state index in [1.54, 1.807) is 0 Å². The van der Waals surface area contributed by atoms with Crippen LogP contribution in [0.5, 0.6) is 0 Å². The van der Waals surface area contributed by atoms with Gasteiger partial charge >= 0.3 is 0 Å². The zero-order valence-corrected chi connectivity index (χ0v) is 24.8. The molecule has 0 amide bonds. The summed E-state index contributed by atoms with van der Waals surface area (Å²) in [5, 5.41) is 0. The van der Waals surface area contributed by atoms with E-state index in [1.807, 2.05) is 0 Å². The predicted molar refractivity (Wildman–Crippen MR) is 126 cm³/mol. The third kappa shape index (κ3) is 1.54. The molecule has 0 spiro atoms. The first kappa shape index (κ1) is 21.5. The first-order chi connectivity index (χ1) is 10.3. The Hall–Kier alpha value is 1.23. The summed E-state index contributed by atoms with van der Waals surface area (Å²) < 4.78 is 17.9. The lowest BCUT2D eigenvalue weighted by Crippen LogP contribution is -3.08. The first-order valence-electron chi connectivity index (χ1n) is 10.00. The van der Waals surface area contributed by atoms with Crippen LogP contribution in [0, 0.1) is 0 Å². The monoisotopic (exact) mass is 434 g/mol. The van der Waals surface area contributed by atoms with E-state index in [9.17, 15) is 0 Å². The average molecular weight is 435 g/mol. The molecule has 0 nitrogen and oxygen atoms in total. The van der Waals surface area contributed by atoms with Gasteiger partial charge < -0.3 is 0 Å². The second-order valence-electron chi connectivity index (χ2n) is 12.1. The lowest BCUT2D eigenvalue weighted by Gasteiger charge is -2.86. The molecule has 24 heavy (non-hydrogen) atoms. The summed E-state index contributed by atoms with van der Waals surface area (Å²) in [6.07, 6.45) is 2.77. The van der Waals surface area contributed by atoms with Crippen molar-refractivity contribution in [1.29, 1.82) is 0 Å². The van der Waals surface area contributed by atoms with E-state index in [4.69, 9.17) is 0 Å². The molecule has 0 saturated carbocycles. The van der Waals surface area contributed by atoms with Crippen molar-refractivity contribution in [2.75, 3.05) is 0 Å². The van der Waals surface area contributed by atoms with Crippen molar-refractivity contribution >= 4 is 45.5 Å². The van der Waals surface area contributed by atoms with Crippen LogP contribution in [0.2, 0.25) is 82.8 Å². The van der Waals surface area contributed by atoms with E-state index in [-0.39, 0.29) is 0 Å². The molecular formula is C17H43FSi6. The van der Waals surface area contributed by atoms with Gasteiger partial charge in [-0.2, -0.15) is 0 Å². The van der Waals surface area contributed by atoms with Crippen LogP contribution >= 0.6 is 0 Å². The Bertz CT molecular complexity index is 489. The molecule has 0 aliphatic carbocycles. The second-order valence-corrected chi connectivity index (χ2v) is 61.7. The van der Waals surface area contributed by atoms with Crippen LogP contribution in [0.1, 0.15) is 19.8 Å². The van der Waals surface area contributed by atoms with Crippen molar-refractivity contribution < 1.29 is 4.39 Å². The maximum Gasteiger partial charge on any atom is 0.0770 e. The van der Waals surface area contributed by atoms with E-state index < -0.39 is 50.1 Å². The van der Waals surface area contributed by atoms with Crippen LogP contribution in [-0.2, 0) is 0 Å². The second kappa shape index (κ2) is 4.98. The summed E-state index contributed by atoms with van der Waals surface area (Å²) in [5.74, 6) is 0. The summed E-state index contributed by atoms with van der Waals surface area (Å²) in [6.45, 7) is 33.7. The Balaban J connectivity index is 3.13. The number of hydrogen-bond donors (Lipinski definition) is 0. The summed E-state index contributed by atoms with van der Waals surface area (Å²) in [6, 6.07) is 0. The van der Waals surface area contributed by atoms with Crippen molar-refractivity contribution in [2.24, 2.45) is 0 Å². The lowest BCUT2D eigenvalue weighted by atomic mass is 10.4. The Labute approximate surface area is 156 Å². The van der Waals surface area contributed by atoms with Gasteiger partial charge in [0.1, 0.15) is 0 Å². The van der Waals surface area contributed by atoms with Crippen molar-refractivity contribution in [2.45, 2.75) is 107 Å². The number of hydrogen-bond acceptors (Lipinski definition) is 0. The molecule has 0 aromatic heterocycles. The molecule has 0 atom stereocenters. The molecule has 0 aromatic carbocycles. The molecule has 3 heterocycles. The summed E-state index contributed by atoms with van der Waals surface area (Å²) in [7, 11) is -10.6. The van der Waals surface area contributed by atoms with Gasteiger partial charge in [-0.1, -0.05) is 98.3 Å². The van der Waals surface area contributed by atoms with Crippen LogP contribution in [-0.4, -0.2) is 50.1 Å². The number of fused-ring (bicyclic) bond motifs is 3. The van der Waals surface area contributed by atoms with E-state index in [0.717, 1.165) is 0 Å². The van der Waals surface area contributed by atoms with Crippen molar-refractivity contribution in [3.05, 3.63) is 0 Å². The van der Waals surface area contributed by atoms with E-state index in [2.05, 4.69) is 85.5 Å². The van der Waals surface area contributed by atoms with Crippen molar-refractivity contribution in [1.82, 2.24) is 0 Å². The SMILES string of the molecule is CCCC12[Si](C)(C)[Si](C)(C)C(F)([Si](C)(C)[Si]1(C)C)[Si](C)(C)[Si]2(C)C. The van der Waals surface area contributed by atoms with Crippen molar-refractivity contribution in [3.63, 3.8) is 0 Å². The Morgan fingerprint density at radius 3 is 1.00 bits per heavy atom. The topological polar surface area (TPSA) is 0 Å². The van der Waals surface area contributed by atoms with Gasteiger partial charge in [0.05, 0.1) is 27.3 Å². The first-order valence-corrected chi connectivity index (χ1v) is 31.0. The third-order valence-electron chi connectivity index (χ3n) is 11.1. The maximum absolute atomic E-state index is 17.9. The van der Waals surface area contributed by atoms with Crippen LogP contribution in [0.15, 0.2) is 0 Å². The fraction of sp³-hybridized carbons (Fsp3) is 1.00. The van der Waals surface area contributed by atoms with Crippen molar-refractivity contribution in [3.8, 4) is 0 Å². The molecule has 7 heteroatoms. The zero-order valence-electron chi connectivity index (χ0n) is 18.8. The molecule has 3 saturated heterocycles. The number of rotatable bonds is 2. The van der Waals surface area contributed by atoms with Gasteiger partial charge in [-0.3, -0.25) is 4.39 Å². The fourth-order valence-electron chi connectivity index (χ4n) is 8.89. The molecule has 0 aromatic rings. The molecule has 2 bridgehead atoms. The number of halogens is 1. The lowest BCUT2D eigenvalue weighted by molar-refractivity contribution is 0.454. The minimum absolute atomic E-state index is 0.649. The molecule has 0 N–H and O–H groups in total. The van der Waals surface area contributed by atoms with Crippen LogP contribution < -0.4 is 0 Å². The predicted octanol–water partition coefficient (Wildman–Crippen LogP) is 6.44. The Morgan fingerprint density at radius 1 is 0.542 bits per heavy atom. The zero-order chi connectivity index (χ0) is 19.4. The molecule has 142 valence electrons. The summed E-state index contributed by atoms with van der Waals surface area (Å²) >= 11 is 0. The van der Waals surface area contributed by atoms with E-state index >= 15 is 4.39 Å². The number of alkyl halides is 1. The quantitative estimate of drug-likeness (QED) is 0.438. The molecule has 3 rings (SSSR count). The molecule has 0 unspecified atom stereocenters. The van der Waals surface area contributed by atoms with Crippen LogP contribution in [0.25, 0.3) is 0 Å². The largest absolute Gasteiger partial charge is 0.256 e. The Kier molecular flexibility index (Phi) is 4.47. The smallest absolute Gasteiger partial charge is 0.0770 e. The van der Waals surface area contributed by atoms with E-state index in [1.165, 1.54) is 12.8 Å².